The van der Waals surface area contributed by atoms with Crippen LogP contribution in [0.3, 0.4) is 0 Å². The lowest BCUT2D eigenvalue weighted by Crippen LogP contribution is -2.30. The maximum absolute atomic E-state index is 12.4. The van der Waals surface area contributed by atoms with Crippen molar-refractivity contribution in [2.45, 2.75) is 12.8 Å². The number of nitriles is 1. The molecule has 31 heavy (non-hydrogen) atoms. The number of aromatic nitrogens is 1. The Morgan fingerprint density at radius 1 is 1.13 bits per heavy atom. The number of aromatic hydroxyl groups is 1. The van der Waals surface area contributed by atoms with E-state index in [1.807, 2.05) is 24.3 Å². The number of nitrogen functional groups attached to an aromatic ring is 1. The van der Waals surface area contributed by atoms with E-state index in [0.717, 1.165) is 31.5 Å². The number of rotatable bonds is 5. The number of carbonyl (C=O) groups is 1. The summed E-state index contributed by atoms with van der Waals surface area (Å²) in [6.07, 6.45) is 2.25. The van der Waals surface area contributed by atoms with E-state index in [2.05, 4.69) is 21.3 Å². The van der Waals surface area contributed by atoms with Gasteiger partial charge in [-0.1, -0.05) is 24.3 Å². The van der Waals surface area contributed by atoms with Gasteiger partial charge in [0.25, 0.3) is 0 Å². The molecule has 1 aliphatic rings. The lowest BCUT2D eigenvalue weighted by Gasteiger charge is -2.15. The maximum Gasteiger partial charge on any atom is 0.238 e. The molecule has 156 valence electrons. The number of anilines is 2. The summed E-state index contributed by atoms with van der Waals surface area (Å²) in [6, 6.07) is 18.0. The number of hydrogen-bond donors (Lipinski definition) is 3. The predicted molar refractivity (Wildman–Crippen MR) is 120 cm³/mol. The molecule has 0 saturated carbocycles. The highest BCUT2D eigenvalue weighted by atomic mass is 16.3. The van der Waals surface area contributed by atoms with E-state index in [4.69, 9.17) is 5.73 Å². The van der Waals surface area contributed by atoms with Crippen LogP contribution in [-0.4, -0.2) is 40.5 Å². The normalized spacial score (nSPS) is 13.6. The standard InChI is InChI=1S/C24H23N5O2/c25-14-20-19(13-21(28-24(20)26)18-8-1-2-9-22(18)30)16-6-5-7-17(12-16)27-23(31)15-29-10-3-4-11-29/h1-2,5-9,12-13,30H,3-4,10-11,15H2,(H2,26,28)(H,27,31). The molecule has 2 heterocycles. The zero-order valence-electron chi connectivity index (χ0n) is 17.0. The third kappa shape index (κ3) is 4.49. The zero-order chi connectivity index (χ0) is 21.8. The van der Waals surface area contributed by atoms with Crippen LogP contribution in [0.1, 0.15) is 18.4 Å². The van der Waals surface area contributed by atoms with Crippen LogP contribution in [0.2, 0.25) is 0 Å². The Morgan fingerprint density at radius 2 is 1.90 bits per heavy atom. The lowest BCUT2D eigenvalue weighted by atomic mass is 9.98. The molecule has 7 nitrogen and oxygen atoms in total. The number of benzene rings is 2. The summed E-state index contributed by atoms with van der Waals surface area (Å²) >= 11 is 0. The molecule has 2 aromatic carbocycles. The van der Waals surface area contributed by atoms with Crippen molar-refractivity contribution in [3.8, 4) is 34.2 Å². The van der Waals surface area contributed by atoms with E-state index in [9.17, 15) is 15.2 Å². The van der Waals surface area contributed by atoms with Gasteiger partial charge in [0.15, 0.2) is 0 Å². The van der Waals surface area contributed by atoms with Crippen LogP contribution in [-0.2, 0) is 4.79 Å². The van der Waals surface area contributed by atoms with Gasteiger partial charge in [-0.3, -0.25) is 9.69 Å². The SMILES string of the molecule is N#Cc1c(-c2cccc(NC(=O)CN3CCCC3)c2)cc(-c2ccccc2O)nc1N. The van der Waals surface area contributed by atoms with Gasteiger partial charge in [-0.15, -0.1) is 0 Å². The highest BCUT2D eigenvalue weighted by molar-refractivity contribution is 5.93. The minimum absolute atomic E-state index is 0.0660. The number of nitrogens with one attached hydrogen (secondary N) is 1. The molecular weight excluding hydrogens is 390 g/mol. The highest BCUT2D eigenvalue weighted by Crippen LogP contribution is 2.35. The van der Waals surface area contributed by atoms with Crippen molar-refractivity contribution in [3.63, 3.8) is 0 Å². The summed E-state index contributed by atoms with van der Waals surface area (Å²) in [6.45, 7) is 2.27. The van der Waals surface area contributed by atoms with Crippen LogP contribution in [0.25, 0.3) is 22.4 Å². The molecule has 0 radical (unpaired) electrons. The smallest absolute Gasteiger partial charge is 0.238 e. The highest BCUT2D eigenvalue weighted by Gasteiger charge is 2.17. The van der Waals surface area contributed by atoms with Gasteiger partial charge in [0.05, 0.1) is 12.2 Å². The average molecular weight is 413 g/mol. The van der Waals surface area contributed by atoms with Gasteiger partial charge in [0, 0.05) is 16.8 Å². The van der Waals surface area contributed by atoms with Crippen LogP contribution in [0, 0.1) is 11.3 Å². The first kappa shape index (κ1) is 20.4. The fourth-order valence-electron chi connectivity index (χ4n) is 3.85. The number of hydrogen-bond acceptors (Lipinski definition) is 6. The van der Waals surface area contributed by atoms with E-state index in [-0.39, 0.29) is 23.0 Å². The van der Waals surface area contributed by atoms with E-state index in [1.54, 1.807) is 30.3 Å². The average Bonchev–Trinajstić information content (AvgIpc) is 3.26. The minimum Gasteiger partial charge on any atom is -0.507 e. The molecule has 4 N–H and O–H groups in total. The number of para-hydroxylation sites is 1. The topological polar surface area (TPSA) is 115 Å². The number of nitrogens with two attached hydrogens (primary N) is 1. The molecule has 7 heteroatoms. The first-order chi connectivity index (χ1) is 15.0. The molecule has 3 aromatic rings. The first-order valence-electron chi connectivity index (χ1n) is 10.2. The van der Waals surface area contributed by atoms with E-state index in [1.165, 1.54) is 0 Å². The molecule has 0 aliphatic carbocycles. The third-order valence-electron chi connectivity index (χ3n) is 5.36. The quantitative estimate of drug-likeness (QED) is 0.589. The third-order valence-corrected chi connectivity index (χ3v) is 5.36. The van der Waals surface area contributed by atoms with Gasteiger partial charge in [0.2, 0.25) is 5.91 Å². The summed E-state index contributed by atoms with van der Waals surface area (Å²) in [5, 5.41) is 22.8. The second kappa shape index (κ2) is 8.86. The number of nitrogens with zero attached hydrogens (tertiary/aromatic N) is 3. The van der Waals surface area contributed by atoms with Gasteiger partial charge in [-0.25, -0.2) is 4.98 Å². The van der Waals surface area contributed by atoms with Crippen LogP contribution in [0.4, 0.5) is 11.5 Å². The van der Waals surface area contributed by atoms with Crippen molar-refractivity contribution in [1.82, 2.24) is 9.88 Å². The van der Waals surface area contributed by atoms with Gasteiger partial charge in [-0.05, 0) is 61.8 Å². The van der Waals surface area contributed by atoms with Crippen molar-refractivity contribution >= 4 is 17.4 Å². The van der Waals surface area contributed by atoms with Crippen molar-refractivity contribution in [2.75, 3.05) is 30.7 Å². The lowest BCUT2D eigenvalue weighted by molar-refractivity contribution is -0.117. The van der Waals surface area contributed by atoms with Crippen LogP contribution >= 0.6 is 0 Å². The Bertz CT molecular complexity index is 1160. The van der Waals surface area contributed by atoms with Crippen molar-refractivity contribution < 1.29 is 9.90 Å². The Morgan fingerprint density at radius 3 is 2.65 bits per heavy atom. The second-order valence-electron chi connectivity index (χ2n) is 7.56. The second-order valence-corrected chi connectivity index (χ2v) is 7.56. The van der Waals surface area contributed by atoms with Crippen LogP contribution < -0.4 is 11.1 Å². The molecule has 1 aromatic heterocycles. The number of amides is 1. The monoisotopic (exact) mass is 413 g/mol. The molecule has 1 fully saturated rings. The number of pyridine rings is 1. The maximum atomic E-state index is 12.4. The summed E-state index contributed by atoms with van der Waals surface area (Å²) in [7, 11) is 0. The van der Waals surface area contributed by atoms with E-state index >= 15 is 0 Å². The first-order valence-corrected chi connectivity index (χ1v) is 10.2. The van der Waals surface area contributed by atoms with E-state index in [0.29, 0.717) is 29.1 Å². The Labute approximate surface area is 180 Å². The molecule has 0 bridgehead atoms. The largest absolute Gasteiger partial charge is 0.507 e. The zero-order valence-corrected chi connectivity index (χ0v) is 17.0. The summed E-state index contributed by atoms with van der Waals surface area (Å²) in [4.78, 5) is 18.9. The minimum atomic E-state index is -0.0660. The van der Waals surface area contributed by atoms with Gasteiger partial charge < -0.3 is 16.2 Å². The van der Waals surface area contributed by atoms with Crippen LogP contribution in [0.15, 0.2) is 54.6 Å². The number of phenols is 1. The van der Waals surface area contributed by atoms with Gasteiger partial charge in [-0.2, -0.15) is 5.26 Å². The fraction of sp³-hybridized carbons (Fsp3) is 0.208. The van der Waals surface area contributed by atoms with Crippen molar-refractivity contribution in [3.05, 3.63) is 60.2 Å². The number of likely N-dealkylation sites (tertiary alicyclic amines) is 1. The Hall–Kier alpha value is -3.89. The fourth-order valence-corrected chi connectivity index (χ4v) is 3.85. The van der Waals surface area contributed by atoms with Crippen molar-refractivity contribution in [1.29, 1.82) is 5.26 Å². The molecule has 0 unspecified atom stereocenters. The van der Waals surface area contributed by atoms with Crippen LogP contribution in [0.5, 0.6) is 5.75 Å². The van der Waals surface area contributed by atoms with Crippen molar-refractivity contribution in [2.24, 2.45) is 0 Å². The van der Waals surface area contributed by atoms with Gasteiger partial charge in [0.1, 0.15) is 23.2 Å². The number of carbonyl (C=O) groups excluding carboxylic acids is 1. The summed E-state index contributed by atoms with van der Waals surface area (Å²) in [5.41, 5.74) is 9.27. The molecule has 0 spiro atoms. The predicted octanol–water partition coefficient (Wildman–Crippen LogP) is 3.61. The molecule has 1 saturated heterocycles. The molecule has 0 atom stereocenters. The number of phenolic OH excluding ortho intramolecular Hbond substituents is 1. The summed E-state index contributed by atoms with van der Waals surface area (Å²) in [5.74, 6) is 0.0957. The van der Waals surface area contributed by atoms with Gasteiger partial charge >= 0.3 is 0 Å². The summed E-state index contributed by atoms with van der Waals surface area (Å²) < 4.78 is 0. The molecule has 4 rings (SSSR count). The molecule has 1 aliphatic heterocycles. The molecule has 1 amide bonds. The Balaban J connectivity index is 1.67. The Kier molecular flexibility index (Phi) is 5.83. The molecular formula is C24H23N5O2. The van der Waals surface area contributed by atoms with E-state index < -0.39 is 0 Å².